The molecule has 0 spiro atoms. The molecule has 7 heteroatoms. The Labute approximate surface area is 140 Å². The number of morpholine rings is 1. The molecule has 1 aliphatic heterocycles. The van der Waals surface area contributed by atoms with Crippen molar-refractivity contribution in [3.05, 3.63) is 41.6 Å². The number of anilines is 3. The predicted molar refractivity (Wildman–Crippen MR) is 90.9 cm³/mol. The highest BCUT2D eigenvalue weighted by molar-refractivity contribution is 5.89. The van der Waals surface area contributed by atoms with Crippen molar-refractivity contribution in [2.24, 2.45) is 0 Å². The SMILES string of the molecule is COC(=O)c1ccc(Nc2nc(C)cc(N3CCOCC3)n2)cc1. The highest BCUT2D eigenvalue weighted by Gasteiger charge is 2.14. The summed E-state index contributed by atoms with van der Waals surface area (Å²) in [5, 5.41) is 3.18. The number of carbonyl (C=O) groups excluding carboxylic acids is 1. The van der Waals surface area contributed by atoms with E-state index >= 15 is 0 Å². The largest absolute Gasteiger partial charge is 0.465 e. The van der Waals surface area contributed by atoms with Crippen LogP contribution in [0.5, 0.6) is 0 Å². The molecule has 0 bridgehead atoms. The zero-order valence-corrected chi connectivity index (χ0v) is 13.8. The van der Waals surface area contributed by atoms with Gasteiger partial charge in [0.2, 0.25) is 5.95 Å². The summed E-state index contributed by atoms with van der Waals surface area (Å²) in [6.07, 6.45) is 0. The number of rotatable bonds is 4. The van der Waals surface area contributed by atoms with Gasteiger partial charge in [-0.2, -0.15) is 4.98 Å². The molecule has 7 nitrogen and oxygen atoms in total. The van der Waals surface area contributed by atoms with E-state index in [4.69, 9.17) is 9.47 Å². The molecular formula is C17H20N4O3. The van der Waals surface area contributed by atoms with Gasteiger partial charge in [-0.3, -0.25) is 0 Å². The Balaban J connectivity index is 1.77. The van der Waals surface area contributed by atoms with Gasteiger partial charge in [-0.1, -0.05) is 0 Å². The monoisotopic (exact) mass is 328 g/mol. The van der Waals surface area contributed by atoms with Crippen LogP contribution < -0.4 is 10.2 Å². The van der Waals surface area contributed by atoms with Crippen LogP contribution >= 0.6 is 0 Å². The molecule has 2 heterocycles. The van der Waals surface area contributed by atoms with E-state index in [0.29, 0.717) is 24.7 Å². The first-order valence-corrected chi connectivity index (χ1v) is 7.79. The van der Waals surface area contributed by atoms with E-state index in [0.717, 1.165) is 30.3 Å². The second-order valence-corrected chi connectivity index (χ2v) is 5.48. The molecule has 0 aliphatic carbocycles. The number of hydrogen-bond donors (Lipinski definition) is 1. The molecule has 24 heavy (non-hydrogen) atoms. The van der Waals surface area contributed by atoms with Gasteiger partial charge in [0.25, 0.3) is 0 Å². The molecule has 1 fully saturated rings. The molecule has 0 atom stereocenters. The first-order chi connectivity index (χ1) is 11.7. The van der Waals surface area contributed by atoms with E-state index in [1.54, 1.807) is 24.3 Å². The molecule has 1 aromatic carbocycles. The highest BCUT2D eigenvalue weighted by atomic mass is 16.5. The van der Waals surface area contributed by atoms with Crippen molar-refractivity contribution in [1.29, 1.82) is 0 Å². The van der Waals surface area contributed by atoms with Gasteiger partial charge in [0.05, 0.1) is 25.9 Å². The zero-order valence-electron chi connectivity index (χ0n) is 13.8. The fourth-order valence-corrected chi connectivity index (χ4v) is 2.50. The van der Waals surface area contributed by atoms with E-state index in [-0.39, 0.29) is 5.97 Å². The van der Waals surface area contributed by atoms with Crippen molar-refractivity contribution < 1.29 is 14.3 Å². The normalized spacial score (nSPS) is 14.3. The van der Waals surface area contributed by atoms with Gasteiger partial charge in [-0.05, 0) is 31.2 Å². The summed E-state index contributed by atoms with van der Waals surface area (Å²) < 4.78 is 10.1. The Morgan fingerprint density at radius 3 is 2.58 bits per heavy atom. The number of hydrogen-bond acceptors (Lipinski definition) is 7. The molecule has 0 unspecified atom stereocenters. The summed E-state index contributed by atoms with van der Waals surface area (Å²) in [6, 6.07) is 8.97. The van der Waals surface area contributed by atoms with Crippen molar-refractivity contribution in [1.82, 2.24) is 9.97 Å². The Hall–Kier alpha value is -2.67. The lowest BCUT2D eigenvalue weighted by molar-refractivity contribution is 0.0601. The summed E-state index contributed by atoms with van der Waals surface area (Å²) in [7, 11) is 1.36. The number of ether oxygens (including phenoxy) is 2. The lowest BCUT2D eigenvalue weighted by Gasteiger charge is -2.28. The lowest BCUT2D eigenvalue weighted by Crippen LogP contribution is -2.36. The van der Waals surface area contributed by atoms with Crippen molar-refractivity contribution in [2.75, 3.05) is 43.6 Å². The third-order valence-electron chi connectivity index (χ3n) is 3.74. The van der Waals surface area contributed by atoms with E-state index < -0.39 is 0 Å². The van der Waals surface area contributed by atoms with Crippen molar-refractivity contribution in [3.63, 3.8) is 0 Å². The summed E-state index contributed by atoms with van der Waals surface area (Å²) in [5.74, 6) is 1.06. The standard InChI is InChI=1S/C17H20N4O3/c1-12-11-15(21-7-9-24-10-8-21)20-17(18-12)19-14-5-3-13(4-6-14)16(22)23-2/h3-6,11H,7-10H2,1-2H3,(H,18,19,20). The minimum Gasteiger partial charge on any atom is -0.465 e. The van der Waals surface area contributed by atoms with E-state index in [2.05, 4.69) is 20.2 Å². The molecule has 3 rings (SSSR count). The number of benzene rings is 1. The molecule has 1 aliphatic rings. The average molecular weight is 328 g/mol. The molecule has 1 aromatic heterocycles. The molecule has 2 aromatic rings. The maximum atomic E-state index is 11.5. The van der Waals surface area contributed by atoms with Crippen molar-refractivity contribution in [3.8, 4) is 0 Å². The molecule has 0 saturated carbocycles. The van der Waals surface area contributed by atoms with Gasteiger partial charge in [0.1, 0.15) is 5.82 Å². The smallest absolute Gasteiger partial charge is 0.337 e. The maximum Gasteiger partial charge on any atom is 0.337 e. The van der Waals surface area contributed by atoms with Crippen LogP contribution in [0.2, 0.25) is 0 Å². The zero-order chi connectivity index (χ0) is 16.9. The van der Waals surface area contributed by atoms with Gasteiger partial charge in [-0.25, -0.2) is 9.78 Å². The number of methoxy groups -OCH3 is 1. The number of carbonyl (C=O) groups is 1. The first kappa shape index (κ1) is 16.2. The second kappa shape index (κ2) is 7.27. The lowest BCUT2D eigenvalue weighted by atomic mass is 10.2. The Morgan fingerprint density at radius 1 is 1.21 bits per heavy atom. The van der Waals surface area contributed by atoms with E-state index in [1.807, 2.05) is 13.0 Å². The van der Waals surface area contributed by atoms with Crippen LogP contribution in [0.4, 0.5) is 17.5 Å². The van der Waals surface area contributed by atoms with Crippen LogP contribution in [-0.2, 0) is 9.47 Å². The van der Waals surface area contributed by atoms with Gasteiger partial charge >= 0.3 is 5.97 Å². The molecular weight excluding hydrogens is 308 g/mol. The van der Waals surface area contributed by atoms with Crippen molar-refractivity contribution in [2.45, 2.75) is 6.92 Å². The maximum absolute atomic E-state index is 11.5. The van der Waals surface area contributed by atoms with Gasteiger partial charge in [0, 0.05) is 30.5 Å². The Kier molecular flexibility index (Phi) is 4.90. The Morgan fingerprint density at radius 2 is 1.92 bits per heavy atom. The van der Waals surface area contributed by atoms with Crippen LogP contribution in [-0.4, -0.2) is 49.4 Å². The topological polar surface area (TPSA) is 76.6 Å². The van der Waals surface area contributed by atoms with Crippen LogP contribution in [0.15, 0.2) is 30.3 Å². The third-order valence-corrected chi connectivity index (χ3v) is 3.74. The van der Waals surface area contributed by atoms with Gasteiger partial charge in [-0.15, -0.1) is 0 Å². The number of nitrogens with one attached hydrogen (secondary N) is 1. The second-order valence-electron chi connectivity index (χ2n) is 5.48. The minimum absolute atomic E-state index is 0.358. The summed E-state index contributed by atoms with van der Waals surface area (Å²) in [6.45, 7) is 5.01. The van der Waals surface area contributed by atoms with E-state index in [9.17, 15) is 4.79 Å². The number of aromatic nitrogens is 2. The average Bonchev–Trinajstić information content (AvgIpc) is 2.62. The number of esters is 1. The number of aryl methyl sites for hydroxylation is 1. The third kappa shape index (κ3) is 3.80. The fraction of sp³-hybridized carbons (Fsp3) is 0.353. The number of nitrogens with zero attached hydrogens (tertiary/aromatic N) is 3. The highest BCUT2D eigenvalue weighted by Crippen LogP contribution is 2.19. The Bertz CT molecular complexity index is 712. The molecule has 1 N–H and O–H groups in total. The first-order valence-electron chi connectivity index (χ1n) is 7.79. The molecule has 0 amide bonds. The van der Waals surface area contributed by atoms with Crippen molar-refractivity contribution >= 4 is 23.4 Å². The van der Waals surface area contributed by atoms with Gasteiger partial charge in [0.15, 0.2) is 0 Å². The van der Waals surface area contributed by atoms with E-state index in [1.165, 1.54) is 7.11 Å². The molecule has 1 saturated heterocycles. The van der Waals surface area contributed by atoms with Crippen LogP contribution in [0.1, 0.15) is 16.1 Å². The fourth-order valence-electron chi connectivity index (χ4n) is 2.50. The summed E-state index contributed by atoms with van der Waals surface area (Å²) >= 11 is 0. The van der Waals surface area contributed by atoms with Gasteiger partial charge < -0.3 is 19.7 Å². The summed E-state index contributed by atoms with van der Waals surface area (Å²) in [4.78, 5) is 22.7. The van der Waals surface area contributed by atoms with Crippen LogP contribution in [0.3, 0.4) is 0 Å². The predicted octanol–water partition coefficient (Wildman–Crippen LogP) is 2.15. The molecule has 126 valence electrons. The summed E-state index contributed by atoms with van der Waals surface area (Å²) in [5.41, 5.74) is 2.20. The minimum atomic E-state index is -0.358. The quantitative estimate of drug-likeness (QED) is 0.862. The van der Waals surface area contributed by atoms with Crippen LogP contribution in [0.25, 0.3) is 0 Å². The molecule has 0 radical (unpaired) electrons. The van der Waals surface area contributed by atoms with Crippen LogP contribution in [0, 0.1) is 6.92 Å².